The molecule has 1 aliphatic carbocycles. The number of aryl methyl sites for hydroxylation is 2. The van der Waals surface area contributed by atoms with Crippen molar-refractivity contribution < 1.29 is 9.18 Å². The van der Waals surface area contributed by atoms with Crippen molar-refractivity contribution in [2.24, 2.45) is 5.92 Å². The highest BCUT2D eigenvalue weighted by atomic mass is 19.1. The number of carbonyl (C=O) groups is 1. The predicted octanol–water partition coefficient (Wildman–Crippen LogP) is 5.39. The van der Waals surface area contributed by atoms with E-state index in [2.05, 4.69) is 41.0 Å². The molecular weight excluding hydrogens is 491 g/mol. The number of hydrogen-bond donors (Lipinski definition) is 0. The van der Waals surface area contributed by atoms with E-state index in [1.165, 1.54) is 17.7 Å². The fourth-order valence-corrected chi connectivity index (χ4v) is 5.94. The number of aromatic nitrogens is 4. The third-order valence-corrected chi connectivity index (χ3v) is 8.10. The first-order valence-corrected chi connectivity index (χ1v) is 14.1. The molecule has 3 heterocycles. The van der Waals surface area contributed by atoms with Gasteiger partial charge in [0.1, 0.15) is 17.5 Å². The van der Waals surface area contributed by atoms with Gasteiger partial charge in [0.25, 0.3) is 0 Å². The molecule has 0 atom stereocenters. The van der Waals surface area contributed by atoms with Crippen molar-refractivity contribution in [3.63, 3.8) is 0 Å². The quantitative estimate of drug-likeness (QED) is 0.349. The maximum atomic E-state index is 13.7. The lowest BCUT2D eigenvalue weighted by Crippen LogP contribution is -2.38. The molecule has 1 aliphatic heterocycles. The second kappa shape index (κ2) is 10.8. The highest BCUT2D eigenvalue weighted by molar-refractivity contribution is 5.91. The smallest absolute Gasteiger partial charge is 0.225 e. The Kier molecular flexibility index (Phi) is 7.02. The summed E-state index contributed by atoms with van der Waals surface area (Å²) >= 11 is 0. The summed E-state index contributed by atoms with van der Waals surface area (Å²) < 4.78 is 15.5. The van der Waals surface area contributed by atoms with E-state index in [1.54, 1.807) is 16.8 Å². The summed E-state index contributed by atoms with van der Waals surface area (Å²) in [5, 5.41) is 5.73. The van der Waals surface area contributed by atoms with Gasteiger partial charge in [-0.15, -0.1) is 0 Å². The Morgan fingerprint density at radius 3 is 2.38 bits per heavy atom. The minimum atomic E-state index is -0.288. The summed E-state index contributed by atoms with van der Waals surface area (Å²) in [6, 6.07) is 14.8. The Balaban J connectivity index is 1.38. The van der Waals surface area contributed by atoms with Crippen LogP contribution in [0.4, 0.5) is 10.2 Å². The van der Waals surface area contributed by atoms with Gasteiger partial charge < -0.3 is 9.80 Å². The number of hydrogen-bond acceptors (Lipinski definition) is 5. The first-order valence-electron chi connectivity index (χ1n) is 14.1. The van der Waals surface area contributed by atoms with Gasteiger partial charge in [-0.25, -0.2) is 19.0 Å². The van der Waals surface area contributed by atoms with Crippen molar-refractivity contribution in [1.82, 2.24) is 24.6 Å². The first-order chi connectivity index (χ1) is 19.0. The Labute approximate surface area is 228 Å². The molecule has 6 rings (SSSR count). The minimum Gasteiger partial charge on any atom is -0.354 e. The van der Waals surface area contributed by atoms with Gasteiger partial charge in [0.05, 0.1) is 16.8 Å². The molecule has 1 saturated heterocycles. The number of carbonyl (C=O) groups excluding carboxylic acids is 1. The van der Waals surface area contributed by atoms with E-state index in [-0.39, 0.29) is 11.7 Å². The Bertz CT molecular complexity index is 1470. The molecule has 39 heavy (non-hydrogen) atoms. The maximum Gasteiger partial charge on any atom is 0.225 e. The zero-order chi connectivity index (χ0) is 26.9. The van der Waals surface area contributed by atoms with Crippen molar-refractivity contribution in [2.75, 3.05) is 31.1 Å². The molecule has 202 valence electrons. The molecule has 0 spiro atoms. The van der Waals surface area contributed by atoms with Gasteiger partial charge in [-0.1, -0.05) is 42.7 Å². The number of anilines is 1. The predicted molar refractivity (Wildman–Crippen MR) is 151 cm³/mol. The van der Waals surface area contributed by atoms with Crippen molar-refractivity contribution in [2.45, 2.75) is 52.4 Å². The van der Waals surface area contributed by atoms with E-state index >= 15 is 0 Å². The van der Waals surface area contributed by atoms with E-state index in [9.17, 15) is 9.18 Å². The zero-order valence-corrected chi connectivity index (χ0v) is 22.7. The summed E-state index contributed by atoms with van der Waals surface area (Å²) in [4.78, 5) is 27.6. The van der Waals surface area contributed by atoms with Crippen LogP contribution in [0, 0.1) is 25.6 Å². The molecule has 1 saturated carbocycles. The van der Waals surface area contributed by atoms with Crippen molar-refractivity contribution >= 4 is 22.8 Å². The molecule has 2 fully saturated rings. The molecule has 0 radical (unpaired) electrons. The normalized spacial score (nSPS) is 16.7. The lowest BCUT2D eigenvalue weighted by molar-refractivity contribution is -0.135. The number of halogens is 1. The molecular formula is C31H35FN6O. The number of rotatable bonds is 5. The van der Waals surface area contributed by atoms with Gasteiger partial charge in [0, 0.05) is 38.5 Å². The number of fused-ring (bicyclic) bond motifs is 1. The topological polar surface area (TPSA) is 67.2 Å². The average Bonchev–Trinajstić information content (AvgIpc) is 3.51. The first kappa shape index (κ1) is 25.5. The highest BCUT2D eigenvalue weighted by Gasteiger charge is 2.30. The van der Waals surface area contributed by atoms with E-state index in [1.807, 2.05) is 6.92 Å². The van der Waals surface area contributed by atoms with Crippen molar-refractivity contribution in [3.8, 4) is 5.69 Å². The lowest BCUT2D eigenvalue weighted by atomic mass is 10.1. The van der Waals surface area contributed by atoms with Crippen molar-refractivity contribution in [3.05, 3.63) is 77.0 Å². The van der Waals surface area contributed by atoms with Crippen LogP contribution < -0.4 is 4.90 Å². The second-order valence-electron chi connectivity index (χ2n) is 10.9. The maximum absolute atomic E-state index is 13.7. The SMILES string of the molecule is Cc1ccc(Cc2nc(N3CCCN(C(=O)C4CCCC4)CC3)c3c(C)nn(-c4ccc(F)cc4)c3n2)cc1. The Morgan fingerprint density at radius 2 is 1.64 bits per heavy atom. The van der Waals surface area contributed by atoms with E-state index in [0.717, 1.165) is 79.9 Å². The molecule has 8 heteroatoms. The lowest BCUT2D eigenvalue weighted by Gasteiger charge is -2.25. The largest absolute Gasteiger partial charge is 0.354 e. The molecule has 0 bridgehead atoms. The fourth-order valence-electron chi connectivity index (χ4n) is 5.94. The van der Waals surface area contributed by atoms with Gasteiger partial charge in [0.15, 0.2) is 5.65 Å². The fraction of sp³-hybridized carbons (Fsp3) is 0.419. The van der Waals surface area contributed by atoms with Crippen LogP contribution in [-0.2, 0) is 11.2 Å². The van der Waals surface area contributed by atoms with Gasteiger partial charge in [0.2, 0.25) is 5.91 Å². The Hall–Kier alpha value is -3.81. The molecule has 0 unspecified atom stereocenters. The van der Waals surface area contributed by atoms with Gasteiger partial charge in [-0.05, 0) is 62.9 Å². The van der Waals surface area contributed by atoms with Crippen molar-refractivity contribution in [1.29, 1.82) is 0 Å². The van der Waals surface area contributed by atoms with Crippen LogP contribution in [0.15, 0.2) is 48.5 Å². The summed E-state index contributed by atoms with van der Waals surface area (Å²) in [5.74, 6) is 1.81. The third-order valence-electron chi connectivity index (χ3n) is 8.10. The third kappa shape index (κ3) is 5.24. The number of amides is 1. The molecule has 1 amide bonds. The van der Waals surface area contributed by atoms with Gasteiger partial charge >= 0.3 is 0 Å². The van der Waals surface area contributed by atoms with Gasteiger partial charge in [-0.3, -0.25) is 4.79 Å². The second-order valence-corrected chi connectivity index (χ2v) is 10.9. The zero-order valence-electron chi connectivity index (χ0n) is 22.7. The molecule has 2 aliphatic rings. The van der Waals surface area contributed by atoms with Crippen LogP contribution in [0.3, 0.4) is 0 Å². The van der Waals surface area contributed by atoms with E-state index in [4.69, 9.17) is 15.1 Å². The standard InChI is InChI=1S/C31H35FN6O/c1-21-8-10-23(11-9-21)20-27-33-29(36-16-5-17-37(19-18-36)31(39)24-6-3-4-7-24)28-22(2)35-38(30(28)34-27)26-14-12-25(32)13-15-26/h8-15,24H,3-7,16-20H2,1-2H3. The molecule has 2 aromatic heterocycles. The summed E-state index contributed by atoms with van der Waals surface area (Å²) in [6.45, 7) is 7.06. The van der Waals surface area contributed by atoms with Gasteiger partial charge in [-0.2, -0.15) is 5.10 Å². The van der Waals surface area contributed by atoms with Crippen LogP contribution >= 0.6 is 0 Å². The van der Waals surface area contributed by atoms with Crippen LogP contribution in [0.1, 0.15) is 54.7 Å². The summed E-state index contributed by atoms with van der Waals surface area (Å²) in [6.07, 6.45) is 5.86. The van der Waals surface area contributed by atoms with Crippen LogP contribution in [0.2, 0.25) is 0 Å². The summed E-state index contributed by atoms with van der Waals surface area (Å²) in [5.41, 5.74) is 4.65. The molecule has 2 aromatic carbocycles. The van der Waals surface area contributed by atoms with Crippen LogP contribution in [-0.4, -0.2) is 56.7 Å². The highest BCUT2D eigenvalue weighted by Crippen LogP contribution is 2.31. The van der Waals surface area contributed by atoms with E-state index < -0.39 is 0 Å². The average molecular weight is 527 g/mol. The molecule has 7 nitrogen and oxygen atoms in total. The number of nitrogens with zero attached hydrogens (tertiary/aromatic N) is 6. The van der Waals surface area contributed by atoms with Crippen LogP contribution in [0.5, 0.6) is 0 Å². The monoisotopic (exact) mass is 526 g/mol. The molecule has 4 aromatic rings. The molecule has 0 N–H and O–H groups in total. The summed E-state index contributed by atoms with van der Waals surface area (Å²) in [7, 11) is 0. The Morgan fingerprint density at radius 1 is 0.897 bits per heavy atom. The van der Waals surface area contributed by atoms with Crippen LogP contribution in [0.25, 0.3) is 16.7 Å². The number of benzene rings is 2. The minimum absolute atomic E-state index is 0.194. The van der Waals surface area contributed by atoms with E-state index in [0.29, 0.717) is 30.3 Å².